The van der Waals surface area contributed by atoms with Crippen molar-refractivity contribution in [2.45, 2.75) is 39.5 Å². The molecule has 1 fully saturated rings. The summed E-state index contributed by atoms with van der Waals surface area (Å²) in [6.07, 6.45) is 1.91. The number of fused-ring (bicyclic) bond motifs is 1. The SMILES string of the molecule is Cc1nc2ccc(Br)cc2c(=O)n1-c1ccc(OCCCN2CCCC2)cc1OC(C)F. The molecule has 0 amide bonds. The smallest absolute Gasteiger partial charge is 0.266 e. The summed E-state index contributed by atoms with van der Waals surface area (Å²) in [7, 11) is 0. The Balaban J connectivity index is 1.62. The van der Waals surface area contributed by atoms with E-state index in [0.29, 0.717) is 34.8 Å². The fourth-order valence-corrected chi connectivity index (χ4v) is 4.44. The molecule has 3 aromatic rings. The van der Waals surface area contributed by atoms with Crippen molar-refractivity contribution >= 4 is 26.8 Å². The fourth-order valence-electron chi connectivity index (χ4n) is 4.08. The van der Waals surface area contributed by atoms with Crippen molar-refractivity contribution in [1.29, 1.82) is 0 Å². The first-order valence-corrected chi connectivity index (χ1v) is 11.7. The van der Waals surface area contributed by atoms with Crippen molar-refractivity contribution in [2.75, 3.05) is 26.2 Å². The third kappa shape index (κ3) is 5.13. The van der Waals surface area contributed by atoms with Gasteiger partial charge in [-0.3, -0.25) is 9.36 Å². The van der Waals surface area contributed by atoms with Crippen LogP contribution in [0.4, 0.5) is 4.39 Å². The molecule has 1 aliphatic heterocycles. The zero-order chi connectivity index (χ0) is 22.7. The number of hydrogen-bond acceptors (Lipinski definition) is 5. The predicted molar refractivity (Wildman–Crippen MR) is 127 cm³/mol. The summed E-state index contributed by atoms with van der Waals surface area (Å²) < 4.78 is 27.4. The van der Waals surface area contributed by atoms with Crippen molar-refractivity contribution in [3.63, 3.8) is 0 Å². The molecule has 2 aromatic carbocycles. The lowest BCUT2D eigenvalue weighted by atomic mass is 10.2. The van der Waals surface area contributed by atoms with Gasteiger partial charge >= 0.3 is 0 Å². The first kappa shape index (κ1) is 22.7. The Morgan fingerprint density at radius 1 is 1.19 bits per heavy atom. The minimum Gasteiger partial charge on any atom is -0.493 e. The second kappa shape index (κ2) is 10.0. The lowest BCUT2D eigenvalue weighted by Crippen LogP contribution is -2.23. The van der Waals surface area contributed by atoms with E-state index in [9.17, 15) is 9.18 Å². The van der Waals surface area contributed by atoms with E-state index in [0.717, 1.165) is 30.5 Å². The average molecular weight is 504 g/mol. The largest absolute Gasteiger partial charge is 0.493 e. The topological polar surface area (TPSA) is 56.6 Å². The zero-order valence-electron chi connectivity index (χ0n) is 18.3. The van der Waals surface area contributed by atoms with Crippen LogP contribution in [0.3, 0.4) is 0 Å². The molecule has 0 N–H and O–H groups in total. The van der Waals surface area contributed by atoms with Crippen LogP contribution in [-0.4, -0.2) is 47.0 Å². The number of aromatic nitrogens is 2. The Morgan fingerprint density at radius 3 is 2.72 bits per heavy atom. The average Bonchev–Trinajstić information content (AvgIpc) is 3.26. The van der Waals surface area contributed by atoms with Gasteiger partial charge in [0, 0.05) is 24.0 Å². The zero-order valence-corrected chi connectivity index (χ0v) is 19.9. The third-order valence-corrected chi connectivity index (χ3v) is 6.04. The van der Waals surface area contributed by atoms with Crippen molar-refractivity contribution in [3.8, 4) is 17.2 Å². The number of nitrogens with zero attached hydrogens (tertiary/aromatic N) is 3. The first-order valence-electron chi connectivity index (χ1n) is 10.9. The van der Waals surface area contributed by atoms with Crippen LogP contribution in [0.2, 0.25) is 0 Å². The minimum atomic E-state index is -1.54. The molecule has 0 aliphatic carbocycles. The normalized spacial score (nSPS) is 15.2. The van der Waals surface area contributed by atoms with Crippen LogP contribution in [0.5, 0.6) is 11.5 Å². The summed E-state index contributed by atoms with van der Waals surface area (Å²) in [4.78, 5) is 20.3. The van der Waals surface area contributed by atoms with E-state index < -0.39 is 6.36 Å². The number of likely N-dealkylation sites (tertiary alicyclic amines) is 1. The van der Waals surface area contributed by atoms with Gasteiger partial charge in [-0.15, -0.1) is 0 Å². The van der Waals surface area contributed by atoms with E-state index in [-0.39, 0.29) is 11.3 Å². The highest BCUT2D eigenvalue weighted by Gasteiger charge is 2.17. The van der Waals surface area contributed by atoms with E-state index in [1.165, 1.54) is 24.3 Å². The molecule has 1 aliphatic rings. The van der Waals surface area contributed by atoms with Gasteiger partial charge in [-0.25, -0.2) is 9.37 Å². The Bertz CT molecular complexity index is 1160. The Hall–Kier alpha value is -2.45. The van der Waals surface area contributed by atoms with Crippen molar-refractivity contribution in [3.05, 3.63) is 57.0 Å². The summed E-state index contributed by atoms with van der Waals surface area (Å²) >= 11 is 3.40. The van der Waals surface area contributed by atoms with Crippen molar-refractivity contribution in [1.82, 2.24) is 14.5 Å². The van der Waals surface area contributed by atoms with Gasteiger partial charge in [0.1, 0.15) is 11.6 Å². The van der Waals surface area contributed by atoms with Gasteiger partial charge in [0.25, 0.3) is 5.56 Å². The van der Waals surface area contributed by atoms with Gasteiger partial charge in [-0.2, -0.15) is 0 Å². The maximum absolute atomic E-state index is 13.8. The molecule has 1 atom stereocenters. The second-order valence-electron chi connectivity index (χ2n) is 8.00. The monoisotopic (exact) mass is 503 g/mol. The molecule has 0 bridgehead atoms. The van der Waals surface area contributed by atoms with E-state index in [4.69, 9.17) is 9.47 Å². The molecule has 8 heteroatoms. The summed E-state index contributed by atoms with van der Waals surface area (Å²) in [5, 5.41) is 0.464. The number of halogens is 2. The second-order valence-corrected chi connectivity index (χ2v) is 8.92. The summed E-state index contributed by atoms with van der Waals surface area (Å²) in [5.41, 5.74) is 0.784. The molecule has 1 saturated heterocycles. The molecular weight excluding hydrogens is 477 g/mol. The van der Waals surface area contributed by atoms with Gasteiger partial charge in [0.05, 0.1) is 23.2 Å². The van der Waals surface area contributed by atoms with Gasteiger partial charge in [-0.1, -0.05) is 15.9 Å². The standard InChI is InChI=1S/C24H27BrFN3O3/c1-16(26)32-23-15-19(31-13-5-12-28-10-3-4-11-28)7-9-22(23)29-17(2)27-21-8-6-18(25)14-20(21)24(29)30/h6-9,14-16H,3-5,10-13H2,1-2H3. The maximum atomic E-state index is 13.8. The maximum Gasteiger partial charge on any atom is 0.266 e. The summed E-state index contributed by atoms with van der Waals surface area (Å²) in [5.74, 6) is 1.30. The van der Waals surface area contributed by atoms with E-state index >= 15 is 0 Å². The fraction of sp³-hybridized carbons (Fsp3) is 0.417. The van der Waals surface area contributed by atoms with Crippen LogP contribution in [0.15, 0.2) is 45.7 Å². The number of alkyl halides is 1. The molecule has 170 valence electrons. The lowest BCUT2D eigenvalue weighted by Gasteiger charge is -2.18. The van der Waals surface area contributed by atoms with E-state index in [1.54, 1.807) is 37.3 Å². The van der Waals surface area contributed by atoms with Crippen LogP contribution >= 0.6 is 15.9 Å². The molecule has 1 unspecified atom stereocenters. The number of aryl methyl sites for hydroxylation is 1. The number of hydrogen-bond donors (Lipinski definition) is 0. The highest BCUT2D eigenvalue weighted by Crippen LogP contribution is 2.30. The van der Waals surface area contributed by atoms with Crippen LogP contribution in [0, 0.1) is 6.92 Å². The van der Waals surface area contributed by atoms with Gasteiger partial charge < -0.3 is 14.4 Å². The van der Waals surface area contributed by atoms with E-state index in [2.05, 4.69) is 25.8 Å². The van der Waals surface area contributed by atoms with Crippen LogP contribution in [0.25, 0.3) is 16.6 Å². The molecule has 0 radical (unpaired) electrons. The van der Waals surface area contributed by atoms with Crippen LogP contribution < -0.4 is 15.0 Å². The highest BCUT2D eigenvalue weighted by atomic mass is 79.9. The molecule has 0 saturated carbocycles. The Morgan fingerprint density at radius 2 is 1.97 bits per heavy atom. The quantitative estimate of drug-likeness (QED) is 0.404. The molecule has 1 aromatic heterocycles. The molecule has 32 heavy (non-hydrogen) atoms. The van der Waals surface area contributed by atoms with Crippen molar-refractivity contribution in [2.24, 2.45) is 0 Å². The van der Waals surface area contributed by atoms with Gasteiger partial charge in [0.15, 0.2) is 5.75 Å². The van der Waals surface area contributed by atoms with Crippen LogP contribution in [0.1, 0.15) is 32.0 Å². The van der Waals surface area contributed by atoms with Crippen molar-refractivity contribution < 1.29 is 13.9 Å². The number of rotatable bonds is 8. The van der Waals surface area contributed by atoms with Gasteiger partial charge in [-0.05, 0) is 69.6 Å². The summed E-state index contributed by atoms with van der Waals surface area (Å²) in [6, 6.07) is 10.5. The molecule has 2 heterocycles. The highest BCUT2D eigenvalue weighted by molar-refractivity contribution is 9.10. The molecular formula is C24H27BrFN3O3. The first-order chi connectivity index (χ1) is 15.4. The molecule has 4 rings (SSSR count). The Labute approximate surface area is 195 Å². The lowest BCUT2D eigenvalue weighted by molar-refractivity contribution is 0.0855. The summed E-state index contributed by atoms with van der Waals surface area (Å²) in [6.45, 7) is 6.94. The Kier molecular flexibility index (Phi) is 7.10. The molecule has 0 spiro atoms. The van der Waals surface area contributed by atoms with Gasteiger partial charge in [0.2, 0.25) is 6.36 Å². The van der Waals surface area contributed by atoms with Crippen LogP contribution in [-0.2, 0) is 0 Å². The number of benzene rings is 2. The third-order valence-electron chi connectivity index (χ3n) is 5.55. The number of ether oxygens (including phenoxy) is 2. The minimum absolute atomic E-state index is 0.235. The predicted octanol–water partition coefficient (Wildman–Crippen LogP) is 5.02. The molecule has 6 nitrogen and oxygen atoms in total. The van der Waals surface area contributed by atoms with E-state index in [1.807, 2.05) is 6.07 Å².